The molecule has 9 heteroatoms. The van der Waals surface area contributed by atoms with Crippen molar-refractivity contribution in [2.45, 2.75) is 38.4 Å². The molecule has 0 aliphatic carbocycles. The van der Waals surface area contributed by atoms with Gasteiger partial charge in [0.05, 0.1) is 33.8 Å². The Kier molecular flexibility index (Phi) is 6.63. The topological polar surface area (TPSA) is 89.3 Å². The lowest BCUT2D eigenvalue weighted by Crippen LogP contribution is -2.42. The van der Waals surface area contributed by atoms with Gasteiger partial charge >= 0.3 is 0 Å². The van der Waals surface area contributed by atoms with Gasteiger partial charge < -0.3 is 4.90 Å². The highest BCUT2D eigenvalue weighted by molar-refractivity contribution is 7.99. The quantitative estimate of drug-likeness (QED) is 0.394. The van der Waals surface area contributed by atoms with E-state index < -0.39 is 9.84 Å². The third-order valence-electron chi connectivity index (χ3n) is 5.84. The minimum Gasteiger partial charge on any atom is -0.338 e. The van der Waals surface area contributed by atoms with E-state index in [0.29, 0.717) is 34.7 Å². The lowest BCUT2D eigenvalue weighted by molar-refractivity contribution is -0.129. The van der Waals surface area contributed by atoms with Crippen LogP contribution in [0, 0.1) is 13.8 Å². The molecule has 1 unspecified atom stereocenters. The number of hydrogen-bond donors (Lipinski definition) is 0. The van der Waals surface area contributed by atoms with E-state index in [0.717, 1.165) is 11.1 Å². The molecule has 0 spiro atoms. The molecule has 1 amide bonds. The summed E-state index contributed by atoms with van der Waals surface area (Å²) in [5, 5.41) is 0.950. The molecule has 0 bridgehead atoms. The monoisotopic (exact) mass is 485 g/mol. The first-order valence-electron chi connectivity index (χ1n) is 10.9. The van der Waals surface area contributed by atoms with Crippen molar-refractivity contribution in [2.75, 3.05) is 23.8 Å². The van der Waals surface area contributed by atoms with E-state index in [-0.39, 0.29) is 34.8 Å². The average Bonchev–Trinajstić information content (AvgIpc) is 3.11. The fourth-order valence-corrected chi connectivity index (χ4v) is 7.01. The van der Waals surface area contributed by atoms with Gasteiger partial charge in [-0.3, -0.25) is 14.2 Å². The number of aryl methyl sites for hydroxylation is 2. The number of nitrogens with zero attached hydrogens (tertiary/aromatic N) is 3. The highest BCUT2D eigenvalue weighted by Crippen LogP contribution is 2.24. The van der Waals surface area contributed by atoms with Crippen molar-refractivity contribution in [1.82, 2.24) is 14.5 Å². The van der Waals surface area contributed by atoms with Crippen LogP contribution in [0.25, 0.3) is 16.6 Å². The Hall–Kier alpha value is -2.65. The van der Waals surface area contributed by atoms with Crippen molar-refractivity contribution in [3.8, 4) is 5.69 Å². The molecular formula is C24H27N3O4S2. The summed E-state index contributed by atoms with van der Waals surface area (Å²) in [6.45, 7) is 6.24. The van der Waals surface area contributed by atoms with Gasteiger partial charge in [-0.05, 0) is 62.6 Å². The highest BCUT2D eigenvalue weighted by atomic mass is 32.2. The summed E-state index contributed by atoms with van der Waals surface area (Å²) >= 11 is 1.20. The first kappa shape index (κ1) is 23.5. The largest absolute Gasteiger partial charge is 0.338 e. The molecule has 33 heavy (non-hydrogen) atoms. The second-order valence-corrected chi connectivity index (χ2v) is 11.6. The normalized spacial score (nSPS) is 17.4. The van der Waals surface area contributed by atoms with Gasteiger partial charge in [-0.1, -0.05) is 30.0 Å². The summed E-state index contributed by atoms with van der Waals surface area (Å²) in [6, 6.07) is 12.8. The molecule has 1 atom stereocenters. The van der Waals surface area contributed by atoms with Gasteiger partial charge in [0.1, 0.15) is 0 Å². The predicted octanol–water partition coefficient (Wildman–Crippen LogP) is 3.13. The van der Waals surface area contributed by atoms with Crippen molar-refractivity contribution in [3.05, 3.63) is 63.9 Å². The van der Waals surface area contributed by atoms with Gasteiger partial charge in [0.25, 0.3) is 5.56 Å². The van der Waals surface area contributed by atoms with E-state index >= 15 is 0 Å². The first-order valence-corrected chi connectivity index (χ1v) is 13.7. The van der Waals surface area contributed by atoms with E-state index in [1.807, 2.05) is 51.1 Å². The fraction of sp³-hybridized carbons (Fsp3) is 0.375. The van der Waals surface area contributed by atoms with Crippen LogP contribution in [0.4, 0.5) is 0 Å². The number of aromatic nitrogens is 2. The van der Waals surface area contributed by atoms with Crippen LogP contribution in [-0.4, -0.2) is 58.6 Å². The zero-order valence-electron chi connectivity index (χ0n) is 18.9. The molecule has 1 saturated heterocycles. The summed E-state index contributed by atoms with van der Waals surface area (Å²) in [7, 11) is -3.09. The molecular weight excluding hydrogens is 458 g/mol. The van der Waals surface area contributed by atoms with Crippen molar-refractivity contribution >= 4 is 38.4 Å². The summed E-state index contributed by atoms with van der Waals surface area (Å²) < 4.78 is 25.3. The van der Waals surface area contributed by atoms with Crippen LogP contribution >= 0.6 is 11.8 Å². The van der Waals surface area contributed by atoms with Crippen molar-refractivity contribution in [3.63, 3.8) is 0 Å². The van der Waals surface area contributed by atoms with Crippen LogP contribution in [0.1, 0.15) is 24.5 Å². The third-order valence-corrected chi connectivity index (χ3v) is 8.52. The molecule has 1 aliphatic rings. The number of hydrogen-bond acceptors (Lipinski definition) is 6. The van der Waals surface area contributed by atoms with Gasteiger partial charge in [0, 0.05) is 12.6 Å². The number of benzene rings is 2. The smallest absolute Gasteiger partial charge is 0.266 e. The van der Waals surface area contributed by atoms with E-state index in [4.69, 9.17) is 4.98 Å². The van der Waals surface area contributed by atoms with Crippen LogP contribution in [0.2, 0.25) is 0 Å². The molecule has 1 aliphatic heterocycles. The Morgan fingerprint density at radius 2 is 1.88 bits per heavy atom. The molecule has 4 rings (SSSR count). The Labute approximate surface area is 197 Å². The first-order chi connectivity index (χ1) is 15.7. The molecule has 0 saturated carbocycles. The average molecular weight is 486 g/mol. The predicted molar refractivity (Wildman–Crippen MR) is 132 cm³/mol. The molecule has 7 nitrogen and oxygen atoms in total. The molecule has 0 N–H and O–H groups in total. The van der Waals surface area contributed by atoms with Gasteiger partial charge in [0.15, 0.2) is 15.0 Å². The van der Waals surface area contributed by atoms with Crippen LogP contribution < -0.4 is 5.56 Å². The number of amides is 1. The van der Waals surface area contributed by atoms with E-state index in [1.54, 1.807) is 21.6 Å². The van der Waals surface area contributed by atoms with Crippen LogP contribution in [0.15, 0.2) is 52.4 Å². The number of rotatable bonds is 6. The summed E-state index contributed by atoms with van der Waals surface area (Å²) in [4.78, 5) is 32.8. The molecule has 1 aromatic heterocycles. The Morgan fingerprint density at radius 3 is 2.52 bits per heavy atom. The Balaban J connectivity index is 1.69. The SMILES string of the molecule is CCN(C(=O)CSc1nc2ccccc2c(=O)n1-c1cc(C)cc(C)c1)C1CCS(=O)(=O)C1. The molecule has 2 aromatic carbocycles. The van der Waals surface area contributed by atoms with Gasteiger partial charge in [0.2, 0.25) is 5.91 Å². The maximum atomic E-state index is 13.4. The Bertz CT molecular complexity index is 1360. The van der Waals surface area contributed by atoms with Crippen LogP contribution in [0.5, 0.6) is 0 Å². The van der Waals surface area contributed by atoms with Crippen molar-refractivity contribution < 1.29 is 13.2 Å². The minimum absolute atomic E-state index is 0.0126. The number of para-hydroxylation sites is 1. The van der Waals surface area contributed by atoms with Crippen LogP contribution in [0.3, 0.4) is 0 Å². The number of sulfone groups is 1. The number of carbonyl (C=O) groups excluding carboxylic acids is 1. The fourth-order valence-electron chi connectivity index (χ4n) is 4.39. The third kappa shape index (κ3) is 4.99. The standard InChI is InChI=1S/C24H27N3O4S2/c1-4-26(18-9-10-33(30,31)15-18)22(28)14-32-24-25-21-8-6-5-7-20(21)23(29)27(24)19-12-16(2)11-17(3)13-19/h5-8,11-13,18H,4,9-10,14-15H2,1-3H3. The minimum atomic E-state index is -3.09. The second-order valence-electron chi connectivity index (χ2n) is 8.42. The number of thioether (sulfide) groups is 1. The zero-order chi connectivity index (χ0) is 23.8. The van der Waals surface area contributed by atoms with E-state index in [2.05, 4.69) is 0 Å². The summed E-state index contributed by atoms with van der Waals surface area (Å²) in [6.07, 6.45) is 0.466. The van der Waals surface area contributed by atoms with E-state index in [1.165, 1.54) is 11.8 Å². The highest BCUT2D eigenvalue weighted by Gasteiger charge is 2.34. The molecule has 3 aromatic rings. The second kappa shape index (κ2) is 9.30. The zero-order valence-corrected chi connectivity index (χ0v) is 20.6. The van der Waals surface area contributed by atoms with E-state index in [9.17, 15) is 18.0 Å². The molecule has 2 heterocycles. The number of fused-ring (bicyclic) bond motifs is 1. The van der Waals surface area contributed by atoms with Crippen LogP contribution in [-0.2, 0) is 14.6 Å². The summed E-state index contributed by atoms with van der Waals surface area (Å²) in [5.41, 5.74) is 3.15. The lowest BCUT2D eigenvalue weighted by Gasteiger charge is -2.26. The molecule has 0 radical (unpaired) electrons. The molecule has 174 valence electrons. The maximum Gasteiger partial charge on any atom is 0.266 e. The Morgan fingerprint density at radius 1 is 1.18 bits per heavy atom. The van der Waals surface area contributed by atoms with Gasteiger partial charge in [-0.25, -0.2) is 13.4 Å². The van der Waals surface area contributed by atoms with Crippen molar-refractivity contribution in [2.24, 2.45) is 0 Å². The van der Waals surface area contributed by atoms with Gasteiger partial charge in [-0.2, -0.15) is 0 Å². The lowest BCUT2D eigenvalue weighted by atomic mass is 10.1. The summed E-state index contributed by atoms with van der Waals surface area (Å²) in [5.74, 6) is 0.0465. The molecule has 1 fully saturated rings. The maximum absolute atomic E-state index is 13.4. The van der Waals surface area contributed by atoms with Gasteiger partial charge in [-0.15, -0.1) is 0 Å². The van der Waals surface area contributed by atoms with Crippen molar-refractivity contribution in [1.29, 1.82) is 0 Å². The number of carbonyl (C=O) groups is 1.